The summed E-state index contributed by atoms with van der Waals surface area (Å²) < 4.78 is 6.04. The number of rotatable bonds is 3. The predicted octanol–water partition coefficient (Wildman–Crippen LogP) is 3.58. The Balaban J connectivity index is 2.21. The van der Waals surface area contributed by atoms with E-state index < -0.39 is 0 Å². The molecule has 1 aromatic carbocycles. The number of nitrogens with two attached hydrogens (primary N) is 1. The van der Waals surface area contributed by atoms with Crippen LogP contribution in [0, 0.1) is 11.3 Å². The third-order valence-electron chi connectivity index (χ3n) is 3.54. The van der Waals surface area contributed by atoms with Gasteiger partial charge in [0.2, 0.25) is 0 Å². The van der Waals surface area contributed by atoms with Gasteiger partial charge in [0.1, 0.15) is 17.7 Å². The van der Waals surface area contributed by atoms with Crippen LogP contribution in [0.2, 0.25) is 5.02 Å². The normalized spacial score (nSPS) is 23.7. The summed E-state index contributed by atoms with van der Waals surface area (Å²) in [4.78, 5) is 0. The Morgan fingerprint density at radius 2 is 2.11 bits per heavy atom. The van der Waals surface area contributed by atoms with Crippen LogP contribution in [0.1, 0.15) is 38.2 Å². The van der Waals surface area contributed by atoms with Crippen LogP contribution in [0.5, 0.6) is 5.75 Å². The van der Waals surface area contributed by atoms with Crippen LogP contribution in [0.3, 0.4) is 0 Å². The summed E-state index contributed by atoms with van der Waals surface area (Å²) in [5.74, 6) is 1.19. The topological polar surface area (TPSA) is 59.1 Å². The summed E-state index contributed by atoms with van der Waals surface area (Å²) in [7, 11) is 0. The van der Waals surface area contributed by atoms with Crippen molar-refractivity contribution in [1.82, 2.24) is 0 Å². The van der Waals surface area contributed by atoms with Gasteiger partial charge in [-0.15, -0.1) is 0 Å². The number of benzene rings is 1. The molecule has 1 aliphatic carbocycles. The van der Waals surface area contributed by atoms with E-state index in [-0.39, 0.29) is 11.9 Å². The monoisotopic (exact) mass is 266 g/mol. The van der Waals surface area contributed by atoms with Gasteiger partial charge in [0.25, 0.3) is 0 Å². The lowest BCUT2D eigenvalue weighted by Crippen LogP contribution is -2.29. The zero-order valence-corrected chi connectivity index (χ0v) is 11.3. The lowest BCUT2D eigenvalue weighted by atomic mass is 9.88. The molecule has 18 heavy (non-hydrogen) atoms. The second kappa shape index (κ2) is 5.61. The van der Waals surface area contributed by atoms with E-state index in [1.807, 2.05) is 0 Å². The molecule has 1 aromatic rings. The highest BCUT2D eigenvalue weighted by atomic mass is 35.5. The molecule has 0 aliphatic heterocycles. The summed E-state index contributed by atoms with van der Waals surface area (Å²) in [6, 6.07) is 5.22. The minimum absolute atomic E-state index is 0.0186. The van der Waals surface area contributed by atoms with Crippen molar-refractivity contribution in [3.05, 3.63) is 28.8 Å². The van der Waals surface area contributed by atoms with Gasteiger partial charge < -0.3 is 10.5 Å². The standard InChI is InChI=1S/C14H19ClN2O/c1-9-4-2-3-5-12(9)18-13-8-10(15)6-7-11(13)14(16)17/h6-9,12H,2-5H2,1H3,(H3,16,17). The zero-order valence-electron chi connectivity index (χ0n) is 10.6. The van der Waals surface area contributed by atoms with Gasteiger partial charge in [0.15, 0.2) is 0 Å². The Hall–Kier alpha value is -1.22. The van der Waals surface area contributed by atoms with Crippen molar-refractivity contribution in [2.45, 2.75) is 38.7 Å². The van der Waals surface area contributed by atoms with E-state index >= 15 is 0 Å². The highest BCUT2D eigenvalue weighted by molar-refractivity contribution is 6.30. The molecular weight excluding hydrogens is 248 g/mol. The van der Waals surface area contributed by atoms with Crippen molar-refractivity contribution >= 4 is 17.4 Å². The number of nitrogens with one attached hydrogen (secondary N) is 1. The number of nitrogen functional groups attached to an aromatic ring is 1. The third kappa shape index (κ3) is 2.96. The molecule has 1 saturated carbocycles. The van der Waals surface area contributed by atoms with Gasteiger partial charge in [-0.3, -0.25) is 5.41 Å². The molecule has 4 heteroatoms. The summed E-state index contributed by atoms with van der Waals surface area (Å²) >= 11 is 5.98. The quantitative estimate of drug-likeness (QED) is 0.649. The fourth-order valence-corrected chi connectivity index (χ4v) is 2.60. The van der Waals surface area contributed by atoms with Crippen LogP contribution in [0.4, 0.5) is 0 Å². The van der Waals surface area contributed by atoms with Gasteiger partial charge in [0.05, 0.1) is 5.56 Å². The van der Waals surface area contributed by atoms with E-state index in [1.54, 1.807) is 18.2 Å². The highest BCUT2D eigenvalue weighted by Crippen LogP contribution is 2.31. The molecule has 0 spiro atoms. The molecule has 0 bridgehead atoms. The molecule has 1 fully saturated rings. The second-order valence-corrected chi connectivity index (χ2v) is 5.41. The molecule has 3 nitrogen and oxygen atoms in total. The second-order valence-electron chi connectivity index (χ2n) is 4.97. The molecule has 98 valence electrons. The van der Waals surface area contributed by atoms with Crippen molar-refractivity contribution < 1.29 is 4.74 Å². The maximum absolute atomic E-state index is 7.57. The van der Waals surface area contributed by atoms with E-state index in [4.69, 9.17) is 27.5 Å². The number of ether oxygens (including phenoxy) is 1. The largest absolute Gasteiger partial charge is 0.489 e. The van der Waals surface area contributed by atoms with Crippen LogP contribution in [0.15, 0.2) is 18.2 Å². The fraction of sp³-hybridized carbons (Fsp3) is 0.500. The van der Waals surface area contributed by atoms with Gasteiger partial charge >= 0.3 is 0 Å². The molecule has 1 aliphatic rings. The van der Waals surface area contributed by atoms with E-state index in [0.29, 0.717) is 22.3 Å². The van der Waals surface area contributed by atoms with Crippen molar-refractivity contribution in [1.29, 1.82) is 5.41 Å². The Kier molecular flexibility index (Phi) is 4.12. The van der Waals surface area contributed by atoms with Gasteiger partial charge in [-0.05, 0) is 43.4 Å². The van der Waals surface area contributed by atoms with E-state index in [1.165, 1.54) is 19.3 Å². The first kappa shape index (κ1) is 13.2. The lowest BCUT2D eigenvalue weighted by Gasteiger charge is -2.30. The molecule has 0 amide bonds. The molecule has 2 rings (SSSR count). The van der Waals surface area contributed by atoms with Gasteiger partial charge in [-0.25, -0.2) is 0 Å². The van der Waals surface area contributed by atoms with E-state index in [9.17, 15) is 0 Å². The Morgan fingerprint density at radius 3 is 2.78 bits per heavy atom. The van der Waals surface area contributed by atoms with Crippen molar-refractivity contribution in [3.8, 4) is 5.75 Å². The van der Waals surface area contributed by atoms with Gasteiger partial charge in [0, 0.05) is 5.02 Å². The Bertz CT molecular complexity index is 447. The highest BCUT2D eigenvalue weighted by Gasteiger charge is 2.24. The summed E-state index contributed by atoms with van der Waals surface area (Å²) in [5, 5.41) is 8.18. The number of hydrogen-bond acceptors (Lipinski definition) is 2. The van der Waals surface area contributed by atoms with Crippen LogP contribution in [-0.2, 0) is 0 Å². The zero-order chi connectivity index (χ0) is 13.1. The average Bonchev–Trinajstić information content (AvgIpc) is 2.32. The van der Waals surface area contributed by atoms with Crippen LogP contribution < -0.4 is 10.5 Å². The maximum Gasteiger partial charge on any atom is 0.132 e. The molecule has 0 heterocycles. The number of amidine groups is 1. The Morgan fingerprint density at radius 1 is 1.39 bits per heavy atom. The van der Waals surface area contributed by atoms with Gasteiger partial charge in [-0.2, -0.15) is 0 Å². The predicted molar refractivity (Wildman–Crippen MR) is 74.5 cm³/mol. The number of halogens is 1. The van der Waals surface area contributed by atoms with E-state index in [0.717, 1.165) is 6.42 Å². The van der Waals surface area contributed by atoms with Crippen LogP contribution >= 0.6 is 11.6 Å². The summed E-state index contributed by atoms with van der Waals surface area (Å²) in [6.07, 6.45) is 4.93. The van der Waals surface area contributed by atoms with Gasteiger partial charge in [-0.1, -0.05) is 24.9 Å². The average molecular weight is 267 g/mol. The summed E-state index contributed by atoms with van der Waals surface area (Å²) in [5.41, 5.74) is 6.19. The molecular formula is C14H19ClN2O. The third-order valence-corrected chi connectivity index (χ3v) is 3.78. The molecule has 0 aromatic heterocycles. The lowest BCUT2D eigenvalue weighted by molar-refractivity contribution is 0.102. The SMILES string of the molecule is CC1CCCCC1Oc1cc(Cl)ccc1C(=N)N. The first-order valence-electron chi connectivity index (χ1n) is 6.38. The molecule has 2 unspecified atom stereocenters. The fourth-order valence-electron chi connectivity index (χ4n) is 2.44. The van der Waals surface area contributed by atoms with Crippen molar-refractivity contribution in [2.24, 2.45) is 11.7 Å². The molecule has 0 saturated heterocycles. The minimum Gasteiger partial charge on any atom is -0.489 e. The van der Waals surface area contributed by atoms with Crippen molar-refractivity contribution in [2.75, 3.05) is 0 Å². The minimum atomic E-state index is 0.0186. The Labute approximate surface area is 113 Å². The van der Waals surface area contributed by atoms with Crippen LogP contribution in [0.25, 0.3) is 0 Å². The first-order chi connectivity index (χ1) is 8.58. The summed E-state index contributed by atoms with van der Waals surface area (Å²) in [6.45, 7) is 2.21. The van der Waals surface area contributed by atoms with Crippen molar-refractivity contribution in [3.63, 3.8) is 0 Å². The smallest absolute Gasteiger partial charge is 0.132 e. The maximum atomic E-state index is 7.57. The molecule has 2 atom stereocenters. The molecule has 0 radical (unpaired) electrons. The first-order valence-corrected chi connectivity index (χ1v) is 6.76. The van der Waals surface area contributed by atoms with Crippen LogP contribution in [-0.4, -0.2) is 11.9 Å². The number of hydrogen-bond donors (Lipinski definition) is 2. The van der Waals surface area contributed by atoms with E-state index in [2.05, 4.69) is 6.92 Å². The molecule has 3 N–H and O–H groups in total.